The highest BCUT2D eigenvalue weighted by Gasteiger charge is 2.50. The molecule has 1 atom stereocenters. The molecular formula is C17H15NO2. The van der Waals surface area contributed by atoms with Crippen LogP contribution >= 0.6 is 0 Å². The van der Waals surface area contributed by atoms with Crippen LogP contribution < -0.4 is 0 Å². The molecule has 20 heavy (non-hydrogen) atoms. The number of nitrogens with zero attached hydrogens (tertiary/aromatic N) is 1. The van der Waals surface area contributed by atoms with Crippen LogP contribution in [-0.4, -0.2) is 17.9 Å². The molecule has 3 heteroatoms. The summed E-state index contributed by atoms with van der Waals surface area (Å²) in [7, 11) is 1.61. The Labute approximate surface area is 118 Å². The van der Waals surface area contributed by atoms with E-state index < -0.39 is 5.72 Å². The Balaban J connectivity index is 2.33. The molecule has 0 radical (unpaired) electrons. The minimum atomic E-state index is -0.934. The standard InChI is InChI=1S/C17H15NO2/c1-3-18-16(19)14-11-7-8-12-15(14)17(18,20-2)13-9-5-4-6-10-13/h3-12H,1H2,2H3. The second-order valence-electron chi connectivity index (χ2n) is 4.62. The molecular weight excluding hydrogens is 250 g/mol. The second-order valence-corrected chi connectivity index (χ2v) is 4.62. The summed E-state index contributed by atoms with van der Waals surface area (Å²) in [5.74, 6) is -0.0960. The smallest absolute Gasteiger partial charge is 0.261 e. The van der Waals surface area contributed by atoms with Crippen molar-refractivity contribution in [3.63, 3.8) is 0 Å². The number of benzene rings is 2. The van der Waals surface area contributed by atoms with Crippen molar-refractivity contribution >= 4 is 5.91 Å². The molecule has 1 aliphatic rings. The van der Waals surface area contributed by atoms with Crippen LogP contribution in [0.25, 0.3) is 0 Å². The zero-order chi connectivity index (χ0) is 14.2. The van der Waals surface area contributed by atoms with Crippen molar-refractivity contribution in [3.8, 4) is 0 Å². The lowest BCUT2D eigenvalue weighted by Gasteiger charge is -2.36. The fourth-order valence-electron chi connectivity index (χ4n) is 2.86. The van der Waals surface area contributed by atoms with Gasteiger partial charge in [0.05, 0.1) is 0 Å². The van der Waals surface area contributed by atoms with E-state index in [1.807, 2.05) is 54.6 Å². The van der Waals surface area contributed by atoms with E-state index in [0.717, 1.165) is 11.1 Å². The SMILES string of the molecule is C=CN1C(=O)c2ccccc2C1(OC)c1ccccc1. The summed E-state index contributed by atoms with van der Waals surface area (Å²) in [5, 5.41) is 0. The monoisotopic (exact) mass is 265 g/mol. The quantitative estimate of drug-likeness (QED) is 0.853. The molecule has 0 N–H and O–H groups in total. The molecule has 1 amide bonds. The first kappa shape index (κ1) is 12.6. The van der Waals surface area contributed by atoms with Gasteiger partial charge in [0.1, 0.15) is 0 Å². The van der Waals surface area contributed by atoms with Gasteiger partial charge in [-0.1, -0.05) is 55.1 Å². The summed E-state index contributed by atoms with van der Waals surface area (Å²) in [5.41, 5.74) is 1.47. The number of rotatable bonds is 3. The minimum absolute atomic E-state index is 0.0960. The van der Waals surface area contributed by atoms with E-state index in [1.165, 1.54) is 6.20 Å². The van der Waals surface area contributed by atoms with Crippen LogP contribution in [0.4, 0.5) is 0 Å². The number of carbonyl (C=O) groups is 1. The summed E-state index contributed by atoms with van der Waals surface area (Å²) in [6, 6.07) is 17.2. The van der Waals surface area contributed by atoms with Gasteiger partial charge in [-0.2, -0.15) is 0 Å². The van der Waals surface area contributed by atoms with Crippen molar-refractivity contribution in [2.45, 2.75) is 5.72 Å². The highest BCUT2D eigenvalue weighted by molar-refractivity contribution is 6.01. The molecule has 1 heterocycles. The topological polar surface area (TPSA) is 29.5 Å². The van der Waals surface area contributed by atoms with Gasteiger partial charge in [0.2, 0.25) is 5.72 Å². The lowest BCUT2D eigenvalue weighted by atomic mass is 9.93. The molecule has 0 aliphatic carbocycles. The Kier molecular flexibility index (Phi) is 2.92. The molecule has 0 bridgehead atoms. The van der Waals surface area contributed by atoms with Gasteiger partial charge in [0.25, 0.3) is 5.91 Å². The molecule has 0 saturated carbocycles. The summed E-state index contributed by atoms with van der Waals surface area (Å²) >= 11 is 0. The van der Waals surface area contributed by atoms with E-state index in [1.54, 1.807) is 12.0 Å². The van der Waals surface area contributed by atoms with E-state index >= 15 is 0 Å². The van der Waals surface area contributed by atoms with Gasteiger partial charge in [0.15, 0.2) is 0 Å². The molecule has 100 valence electrons. The molecule has 0 aromatic heterocycles. The van der Waals surface area contributed by atoms with Crippen LogP contribution in [0.2, 0.25) is 0 Å². The van der Waals surface area contributed by atoms with Gasteiger partial charge in [-0.3, -0.25) is 9.69 Å². The van der Waals surface area contributed by atoms with Crippen LogP contribution in [0.3, 0.4) is 0 Å². The Morgan fingerprint density at radius 2 is 1.75 bits per heavy atom. The van der Waals surface area contributed by atoms with Gasteiger partial charge in [-0.15, -0.1) is 0 Å². The minimum Gasteiger partial charge on any atom is -0.350 e. The van der Waals surface area contributed by atoms with Crippen molar-refractivity contribution < 1.29 is 9.53 Å². The van der Waals surface area contributed by atoms with Gasteiger partial charge >= 0.3 is 0 Å². The number of hydrogen-bond donors (Lipinski definition) is 0. The zero-order valence-corrected chi connectivity index (χ0v) is 11.2. The molecule has 0 saturated heterocycles. The fraction of sp³-hybridized carbons (Fsp3) is 0.118. The third-order valence-corrected chi connectivity index (χ3v) is 3.72. The van der Waals surface area contributed by atoms with Crippen molar-refractivity contribution in [1.29, 1.82) is 0 Å². The van der Waals surface area contributed by atoms with Crippen LogP contribution in [0.1, 0.15) is 21.5 Å². The largest absolute Gasteiger partial charge is 0.350 e. The van der Waals surface area contributed by atoms with E-state index in [-0.39, 0.29) is 5.91 Å². The van der Waals surface area contributed by atoms with Gasteiger partial charge in [0, 0.05) is 30.0 Å². The van der Waals surface area contributed by atoms with Crippen molar-refractivity contribution in [3.05, 3.63) is 84.1 Å². The molecule has 3 rings (SSSR count). The van der Waals surface area contributed by atoms with E-state index in [2.05, 4.69) is 6.58 Å². The predicted octanol–water partition coefficient (Wildman–Crippen LogP) is 3.13. The van der Waals surface area contributed by atoms with E-state index in [0.29, 0.717) is 5.56 Å². The summed E-state index contributed by atoms with van der Waals surface area (Å²) in [6.45, 7) is 3.77. The number of amides is 1. The maximum Gasteiger partial charge on any atom is 0.261 e. The van der Waals surface area contributed by atoms with Gasteiger partial charge < -0.3 is 4.74 Å². The second kappa shape index (κ2) is 4.62. The highest BCUT2D eigenvalue weighted by atomic mass is 16.5. The first-order valence-electron chi connectivity index (χ1n) is 6.42. The number of ether oxygens (including phenoxy) is 1. The Hall–Kier alpha value is -2.39. The number of carbonyl (C=O) groups excluding carboxylic acids is 1. The first-order valence-corrected chi connectivity index (χ1v) is 6.42. The maximum atomic E-state index is 12.6. The van der Waals surface area contributed by atoms with Crippen LogP contribution in [0.15, 0.2) is 67.4 Å². The predicted molar refractivity (Wildman–Crippen MR) is 77.0 cm³/mol. The van der Waals surface area contributed by atoms with Crippen molar-refractivity contribution in [2.75, 3.05) is 7.11 Å². The Morgan fingerprint density at radius 3 is 2.40 bits per heavy atom. The normalized spacial score (nSPS) is 20.9. The average Bonchev–Trinajstić information content (AvgIpc) is 2.77. The molecule has 1 unspecified atom stereocenters. The molecule has 0 spiro atoms. The Morgan fingerprint density at radius 1 is 1.10 bits per heavy atom. The van der Waals surface area contributed by atoms with Gasteiger partial charge in [-0.25, -0.2) is 0 Å². The average molecular weight is 265 g/mol. The molecule has 2 aromatic rings. The van der Waals surface area contributed by atoms with Crippen molar-refractivity contribution in [1.82, 2.24) is 4.90 Å². The molecule has 3 nitrogen and oxygen atoms in total. The van der Waals surface area contributed by atoms with Gasteiger partial charge in [-0.05, 0) is 6.07 Å². The van der Waals surface area contributed by atoms with Crippen LogP contribution in [0.5, 0.6) is 0 Å². The fourth-order valence-corrected chi connectivity index (χ4v) is 2.86. The van der Waals surface area contributed by atoms with Crippen LogP contribution in [0, 0.1) is 0 Å². The van der Waals surface area contributed by atoms with Crippen LogP contribution in [-0.2, 0) is 10.5 Å². The third kappa shape index (κ3) is 1.47. The maximum absolute atomic E-state index is 12.6. The first-order chi connectivity index (χ1) is 9.75. The summed E-state index contributed by atoms with van der Waals surface area (Å²) in [6.07, 6.45) is 1.53. The third-order valence-electron chi connectivity index (χ3n) is 3.72. The number of hydrogen-bond acceptors (Lipinski definition) is 2. The van der Waals surface area contributed by atoms with Crippen molar-refractivity contribution in [2.24, 2.45) is 0 Å². The Bertz CT molecular complexity index is 666. The van der Waals surface area contributed by atoms with E-state index in [9.17, 15) is 4.79 Å². The lowest BCUT2D eigenvalue weighted by molar-refractivity contribution is -0.0619. The number of methoxy groups -OCH3 is 1. The summed E-state index contributed by atoms with van der Waals surface area (Å²) < 4.78 is 5.82. The molecule has 1 aliphatic heterocycles. The number of fused-ring (bicyclic) bond motifs is 1. The molecule has 2 aromatic carbocycles. The molecule has 0 fully saturated rings. The summed E-state index contributed by atoms with van der Waals surface area (Å²) in [4.78, 5) is 14.1. The van der Waals surface area contributed by atoms with E-state index in [4.69, 9.17) is 4.74 Å². The highest BCUT2D eigenvalue weighted by Crippen LogP contribution is 2.44. The zero-order valence-electron chi connectivity index (χ0n) is 11.2. The lowest BCUT2D eigenvalue weighted by Crippen LogP contribution is -2.42.